The van der Waals surface area contributed by atoms with Crippen LogP contribution in [0.4, 0.5) is 4.53 Å². The van der Waals surface area contributed by atoms with Crippen LogP contribution < -0.4 is 0 Å². The molecule has 106 valence electrons. The van der Waals surface area contributed by atoms with Gasteiger partial charge >= 0.3 is 0 Å². The molecule has 1 aliphatic rings. The molecule has 1 aromatic carbocycles. The van der Waals surface area contributed by atoms with Gasteiger partial charge in [-0.25, -0.2) is 0 Å². The fourth-order valence-electron chi connectivity index (χ4n) is 3.99. The van der Waals surface area contributed by atoms with Crippen molar-refractivity contribution in [2.75, 3.05) is 6.61 Å². The van der Waals surface area contributed by atoms with E-state index in [1.165, 1.54) is 36.8 Å². The first kappa shape index (κ1) is 14.5. The molecule has 0 aromatic heterocycles. The lowest BCUT2D eigenvalue weighted by Gasteiger charge is -2.42. The molecule has 0 saturated carbocycles. The highest BCUT2D eigenvalue weighted by Gasteiger charge is 2.37. The molecule has 0 bridgehead atoms. The van der Waals surface area contributed by atoms with Crippen LogP contribution in [0.3, 0.4) is 0 Å². The summed E-state index contributed by atoms with van der Waals surface area (Å²) in [6.07, 6.45) is 7.08. The lowest BCUT2D eigenvalue weighted by molar-refractivity contribution is -0.141. The fourth-order valence-corrected chi connectivity index (χ4v) is 3.99. The van der Waals surface area contributed by atoms with Crippen LogP contribution in [-0.2, 0) is 11.4 Å². The van der Waals surface area contributed by atoms with E-state index >= 15 is 0 Å². The summed E-state index contributed by atoms with van der Waals surface area (Å²) >= 11 is 0. The normalized spacial score (nSPS) is 21.1. The van der Waals surface area contributed by atoms with E-state index in [0.29, 0.717) is 5.41 Å². The summed E-state index contributed by atoms with van der Waals surface area (Å²) in [6, 6.07) is 8.50. The first-order chi connectivity index (χ1) is 9.24. The average Bonchev–Trinajstić information content (AvgIpc) is 2.39. The Hall–Kier alpha value is -0.890. The highest BCUT2D eigenvalue weighted by atomic mass is 19.3. The van der Waals surface area contributed by atoms with Crippen molar-refractivity contribution < 1.29 is 9.47 Å². The summed E-state index contributed by atoms with van der Waals surface area (Å²) in [5.74, 6) is 0.216. The van der Waals surface area contributed by atoms with Crippen LogP contribution in [0.1, 0.15) is 63.0 Å². The van der Waals surface area contributed by atoms with Crippen molar-refractivity contribution in [2.24, 2.45) is 5.41 Å². The molecule has 2 heteroatoms. The molecule has 19 heavy (non-hydrogen) atoms. The van der Waals surface area contributed by atoms with Crippen molar-refractivity contribution >= 4 is 0 Å². The third-order valence-corrected chi connectivity index (χ3v) is 4.56. The third-order valence-electron chi connectivity index (χ3n) is 4.56. The smallest absolute Gasteiger partial charge is 0.0944 e. The minimum atomic E-state index is 0.201. The Bertz CT molecular complexity index is 396. The van der Waals surface area contributed by atoms with Gasteiger partial charge in [0.2, 0.25) is 0 Å². The molecule has 1 aliphatic carbocycles. The van der Waals surface area contributed by atoms with Crippen molar-refractivity contribution in [1.29, 1.82) is 0 Å². The molecule has 0 saturated heterocycles. The number of halogens is 1. The monoisotopic (exact) mass is 264 g/mol. The van der Waals surface area contributed by atoms with Crippen molar-refractivity contribution in [1.82, 2.24) is 0 Å². The molecule has 1 unspecified atom stereocenters. The molecule has 0 spiro atoms. The zero-order chi connectivity index (χ0) is 13.7. The molecule has 1 atom stereocenters. The van der Waals surface area contributed by atoms with Gasteiger partial charge in [-0.1, -0.05) is 51.0 Å². The molecule has 2 rings (SSSR count). The van der Waals surface area contributed by atoms with Crippen LogP contribution in [0.15, 0.2) is 24.3 Å². The van der Waals surface area contributed by atoms with E-state index in [4.69, 9.17) is 0 Å². The molecule has 0 radical (unpaired) electrons. The number of hydrogen-bond donors (Lipinski definition) is 0. The summed E-state index contributed by atoms with van der Waals surface area (Å²) in [5, 5.41) is 0. The minimum Gasteiger partial charge on any atom is -0.194 e. The van der Waals surface area contributed by atoms with Crippen LogP contribution in [-0.4, -0.2) is 6.61 Å². The van der Waals surface area contributed by atoms with Crippen molar-refractivity contribution in [3.05, 3.63) is 35.4 Å². The van der Waals surface area contributed by atoms with Crippen LogP contribution >= 0.6 is 0 Å². The van der Waals surface area contributed by atoms with Gasteiger partial charge in [0.05, 0.1) is 6.61 Å². The quantitative estimate of drug-likeness (QED) is 0.685. The molecule has 0 fully saturated rings. The van der Waals surface area contributed by atoms with E-state index in [2.05, 4.69) is 43.1 Å². The second-order valence-electron chi connectivity index (χ2n) is 6.05. The molecule has 1 aromatic rings. The van der Waals surface area contributed by atoms with Crippen LogP contribution in [0.5, 0.6) is 0 Å². The van der Waals surface area contributed by atoms with Crippen molar-refractivity contribution in [2.45, 2.75) is 58.3 Å². The van der Waals surface area contributed by atoms with Gasteiger partial charge in [0.1, 0.15) is 0 Å². The Labute approximate surface area is 116 Å². The standard InChI is InChI=1S/C17H25FO/c1-3-9-17(10-4-2)11-14-7-5-6-8-16(14)15(12-17)13-19-18/h5-8,15H,3-4,9-13H2,1-2H3. The van der Waals surface area contributed by atoms with Gasteiger partial charge < -0.3 is 0 Å². The topological polar surface area (TPSA) is 9.23 Å². The maximum atomic E-state index is 12.4. The van der Waals surface area contributed by atoms with E-state index < -0.39 is 0 Å². The Morgan fingerprint density at radius 3 is 2.53 bits per heavy atom. The third kappa shape index (κ3) is 3.17. The van der Waals surface area contributed by atoms with E-state index in [9.17, 15) is 4.53 Å². The Morgan fingerprint density at radius 1 is 1.21 bits per heavy atom. The van der Waals surface area contributed by atoms with Gasteiger partial charge in [-0.05, 0) is 46.8 Å². The second kappa shape index (κ2) is 6.51. The number of fused-ring (bicyclic) bond motifs is 1. The molecule has 0 N–H and O–H groups in total. The van der Waals surface area contributed by atoms with Crippen LogP contribution in [0, 0.1) is 5.41 Å². The molecule has 0 heterocycles. The maximum Gasteiger partial charge on any atom is 0.0944 e. The average molecular weight is 264 g/mol. The van der Waals surface area contributed by atoms with Gasteiger partial charge in [0.25, 0.3) is 0 Å². The predicted molar refractivity (Wildman–Crippen MR) is 76.8 cm³/mol. The van der Waals surface area contributed by atoms with E-state index in [-0.39, 0.29) is 12.5 Å². The second-order valence-corrected chi connectivity index (χ2v) is 6.05. The zero-order valence-corrected chi connectivity index (χ0v) is 12.1. The summed E-state index contributed by atoms with van der Waals surface area (Å²) in [4.78, 5) is 3.99. The van der Waals surface area contributed by atoms with Gasteiger partial charge in [-0.3, -0.25) is 0 Å². The van der Waals surface area contributed by atoms with Crippen molar-refractivity contribution in [3.8, 4) is 0 Å². The SMILES string of the molecule is CCCC1(CCC)Cc2ccccc2C(COF)C1. The maximum absolute atomic E-state index is 12.4. The van der Waals surface area contributed by atoms with Crippen LogP contribution in [0.2, 0.25) is 0 Å². The number of benzene rings is 1. The zero-order valence-electron chi connectivity index (χ0n) is 12.1. The molecule has 1 nitrogen and oxygen atoms in total. The first-order valence-corrected chi connectivity index (χ1v) is 7.56. The van der Waals surface area contributed by atoms with Gasteiger partial charge in [0, 0.05) is 5.92 Å². The number of rotatable bonds is 6. The molecular weight excluding hydrogens is 239 g/mol. The lowest BCUT2D eigenvalue weighted by atomic mass is 9.63. The Morgan fingerprint density at radius 2 is 1.89 bits per heavy atom. The van der Waals surface area contributed by atoms with Crippen LogP contribution in [0.25, 0.3) is 0 Å². The summed E-state index contributed by atoms with van der Waals surface area (Å²) in [6.45, 7) is 4.70. The fraction of sp³-hybridized carbons (Fsp3) is 0.647. The summed E-state index contributed by atoms with van der Waals surface area (Å²) < 4.78 is 12.4. The summed E-state index contributed by atoms with van der Waals surface area (Å²) in [5.41, 5.74) is 3.04. The minimum absolute atomic E-state index is 0.201. The van der Waals surface area contributed by atoms with Gasteiger partial charge in [-0.15, -0.1) is 0 Å². The number of hydrogen-bond acceptors (Lipinski definition) is 1. The predicted octanol–water partition coefficient (Wildman–Crippen LogP) is 5.20. The highest BCUT2D eigenvalue weighted by Crippen LogP contribution is 2.48. The van der Waals surface area contributed by atoms with Gasteiger partial charge in [0.15, 0.2) is 0 Å². The Kier molecular flexibility index (Phi) is 4.98. The summed E-state index contributed by atoms with van der Waals surface area (Å²) in [7, 11) is 0. The molecular formula is C17H25FO. The Balaban J connectivity index is 2.31. The molecule has 0 amide bonds. The van der Waals surface area contributed by atoms with Crippen molar-refractivity contribution in [3.63, 3.8) is 0 Å². The van der Waals surface area contributed by atoms with E-state index in [0.717, 1.165) is 12.8 Å². The lowest BCUT2D eigenvalue weighted by Crippen LogP contribution is -2.32. The largest absolute Gasteiger partial charge is 0.194 e. The molecule has 0 aliphatic heterocycles. The van der Waals surface area contributed by atoms with E-state index in [1.54, 1.807) is 0 Å². The van der Waals surface area contributed by atoms with Gasteiger partial charge in [-0.2, -0.15) is 4.94 Å². The first-order valence-electron chi connectivity index (χ1n) is 7.56. The van der Waals surface area contributed by atoms with E-state index in [1.807, 2.05) is 0 Å². The highest BCUT2D eigenvalue weighted by molar-refractivity contribution is 5.34.